The van der Waals surface area contributed by atoms with Crippen LogP contribution in [0.4, 0.5) is 5.00 Å². The van der Waals surface area contributed by atoms with Crippen LogP contribution in [0.15, 0.2) is 10.6 Å². The molecule has 0 saturated heterocycles. The molecule has 2 aromatic rings. The summed E-state index contributed by atoms with van der Waals surface area (Å²) in [6.45, 7) is 3.00. The van der Waals surface area contributed by atoms with Gasteiger partial charge in [0.1, 0.15) is 0 Å². The molecule has 0 atom stereocenters. The number of hydrogen-bond acceptors (Lipinski definition) is 6. The van der Waals surface area contributed by atoms with Crippen LogP contribution in [-0.4, -0.2) is 35.7 Å². The molecule has 0 bridgehead atoms. The molecule has 18 heavy (non-hydrogen) atoms. The van der Waals surface area contributed by atoms with Crippen LogP contribution in [0, 0.1) is 0 Å². The van der Waals surface area contributed by atoms with Crippen LogP contribution in [-0.2, 0) is 12.8 Å². The molecule has 0 unspecified atom stereocenters. The van der Waals surface area contributed by atoms with Gasteiger partial charge in [0, 0.05) is 17.8 Å². The predicted molar refractivity (Wildman–Crippen MR) is 73.7 cm³/mol. The summed E-state index contributed by atoms with van der Waals surface area (Å²) in [5, 5.41) is 4.72. The van der Waals surface area contributed by atoms with Gasteiger partial charge in [-0.25, -0.2) is 0 Å². The molecule has 2 aromatic heterocycles. The van der Waals surface area contributed by atoms with E-state index in [4.69, 9.17) is 10.3 Å². The summed E-state index contributed by atoms with van der Waals surface area (Å²) >= 11 is 1.58. The topological polar surface area (TPSA) is 68.2 Å². The van der Waals surface area contributed by atoms with E-state index < -0.39 is 0 Å². The highest BCUT2D eigenvalue weighted by molar-refractivity contribution is 7.16. The zero-order valence-electron chi connectivity index (χ0n) is 10.9. The Balaban J connectivity index is 2.15. The van der Waals surface area contributed by atoms with Crippen molar-refractivity contribution in [1.82, 2.24) is 15.0 Å². The number of aromatic nitrogens is 2. The number of rotatable bonds is 5. The van der Waals surface area contributed by atoms with Gasteiger partial charge in [-0.1, -0.05) is 12.1 Å². The lowest BCUT2D eigenvalue weighted by atomic mass is 10.2. The smallest absolute Gasteiger partial charge is 0.260 e. The summed E-state index contributed by atoms with van der Waals surface area (Å²) in [6.07, 6.45) is 1.75. The molecule has 2 N–H and O–H groups in total. The molecule has 0 saturated carbocycles. The summed E-state index contributed by atoms with van der Waals surface area (Å²) in [6, 6.07) is 2.03. The van der Waals surface area contributed by atoms with E-state index >= 15 is 0 Å². The molecule has 0 aliphatic carbocycles. The fourth-order valence-corrected chi connectivity index (χ4v) is 2.45. The molecule has 98 valence electrons. The highest BCUT2D eigenvalue weighted by Gasteiger charge is 2.14. The first-order chi connectivity index (χ1) is 8.60. The average Bonchev–Trinajstić information content (AvgIpc) is 2.92. The molecule has 0 aliphatic heterocycles. The van der Waals surface area contributed by atoms with Crippen molar-refractivity contribution < 1.29 is 4.52 Å². The van der Waals surface area contributed by atoms with Gasteiger partial charge in [-0.3, -0.25) is 0 Å². The van der Waals surface area contributed by atoms with Gasteiger partial charge in [0.2, 0.25) is 0 Å². The molecular weight excluding hydrogens is 248 g/mol. The Labute approximate surface area is 111 Å². The molecule has 0 spiro atoms. The minimum Gasteiger partial charge on any atom is -0.390 e. The van der Waals surface area contributed by atoms with Crippen molar-refractivity contribution >= 4 is 16.3 Å². The summed E-state index contributed by atoms with van der Waals surface area (Å²) in [4.78, 5) is 7.70. The zero-order chi connectivity index (χ0) is 13.1. The quantitative estimate of drug-likeness (QED) is 0.897. The number of anilines is 1. The number of nitrogens with zero attached hydrogens (tertiary/aromatic N) is 3. The van der Waals surface area contributed by atoms with Crippen molar-refractivity contribution in [2.75, 3.05) is 26.4 Å². The maximum Gasteiger partial charge on any atom is 0.260 e. The third-order valence-corrected chi connectivity index (χ3v) is 3.75. The maximum absolute atomic E-state index is 5.96. The second kappa shape index (κ2) is 5.49. The third-order valence-electron chi connectivity index (χ3n) is 2.64. The van der Waals surface area contributed by atoms with Gasteiger partial charge in [-0.2, -0.15) is 4.98 Å². The molecule has 0 fully saturated rings. The van der Waals surface area contributed by atoms with E-state index in [9.17, 15) is 0 Å². The second-order valence-corrected chi connectivity index (χ2v) is 5.58. The first kappa shape index (κ1) is 13.0. The van der Waals surface area contributed by atoms with Crippen molar-refractivity contribution in [2.45, 2.75) is 19.8 Å². The van der Waals surface area contributed by atoms with Crippen molar-refractivity contribution in [2.24, 2.45) is 0 Å². The van der Waals surface area contributed by atoms with E-state index in [0.29, 0.717) is 5.89 Å². The number of nitrogen functional groups attached to an aromatic ring is 1. The molecule has 6 heteroatoms. The second-order valence-electron chi connectivity index (χ2n) is 4.41. The van der Waals surface area contributed by atoms with E-state index in [1.807, 2.05) is 20.2 Å². The fourth-order valence-electron chi connectivity index (χ4n) is 1.59. The first-order valence-corrected chi connectivity index (χ1v) is 6.77. The van der Waals surface area contributed by atoms with Crippen LogP contribution in [0.3, 0.4) is 0 Å². The van der Waals surface area contributed by atoms with E-state index in [1.54, 1.807) is 11.3 Å². The zero-order valence-corrected chi connectivity index (χ0v) is 11.8. The van der Waals surface area contributed by atoms with Crippen molar-refractivity contribution in [3.63, 3.8) is 0 Å². The predicted octanol–water partition coefficient (Wildman–Crippen LogP) is 2.05. The SMILES string of the molecule is CCc1cc(-c2nc(CCN(C)C)no2)c(N)s1. The number of likely N-dealkylation sites (N-methyl/N-ethyl adjacent to an activating group) is 1. The average molecular weight is 266 g/mol. The Morgan fingerprint density at radius 1 is 1.44 bits per heavy atom. The van der Waals surface area contributed by atoms with Crippen molar-refractivity contribution in [3.8, 4) is 11.5 Å². The van der Waals surface area contributed by atoms with Gasteiger partial charge >= 0.3 is 0 Å². The van der Waals surface area contributed by atoms with Crippen LogP contribution in [0.2, 0.25) is 0 Å². The normalized spacial score (nSPS) is 11.3. The third kappa shape index (κ3) is 2.88. The van der Waals surface area contributed by atoms with Crippen LogP contribution < -0.4 is 5.73 Å². The van der Waals surface area contributed by atoms with Gasteiger partial charge in [-0.15, -0.1) is 11.3 Å². The maximum atomic E-state index is 5.96. The Bertz CT molecular complexity index is 518. The lowest BCUT2D eigenvalue weighted by Gasteiger charge is -2.05. The molecule has 2 heterocycles. The number of nitrogens with two attached hydrogens (primary N) is 1. The minimum absolute atomic E-state index is 0.525. The van der Waals surface area contributed by atoms with Crippen LogP contribution >= 0.6 is 11.3 Å². The Kier molecular flexibility index (Phi) is 3.98. The van der Waals surface area contributed by atoms with Crippen LogP contribution in [0.25, 0.3) is 11.5 Å². The van der Waals surface area contributed by atoms with Gasteiger partial charge in [0.15, 0.2) is 5.82 Å². The molecule has 0 radical (unpaired) electrons. The van der Waals surface area contributed by atoms with Crippen molar-refractivity contribution in [1.29, 1.82) is 0 Å². The summed E-state index contributed by atoms with van der Waals surface area (Å²) < 4.78 is 5.27. The van der Waals surface area contributed by atoms with E-state index in [0.717, 1.165) is 35.8 Å². The van der Waals surface area contributed by atoms with Gasteiger partial charge in [-0.05, 0) is 26.6 Å². The van der Waals surface area contributed by atoms with E-state index in [2.05, 4.69) is 22.0 Å². The van der Waals surface area contributed by atoms with E-state index in [-0.39, 0.29) is 0 Å². The molecule has 0 aromatic carbocycles. The molecule has 0 amide bonds. The van der Waals surface area contributed by atoms with Gasteiger partial charge in [0.25, 0.3) is 5.89 Å². The van der Waals surface area contributed by atoms with Gasteiger partial charge < -0.3 is 15.2 Å². The Morgan fingerprint density at radius 2 is 2.22 bits per heavy atom. The Morgan fingerprint density at radius 3 is 2.83 bits per heavy atom. The molecule has 0 aliphatic rings. The molecular formula is C12H18N4OS. The summed E-state index contributed by atoms with van der Waals surface area (Å²) in [5.41, 5.74) is 6.82. The Hall–Kier alpha value is -1.40. The monoisotopic (exact) mass is 266 g/mol. The van der Waals surface area contributed by atoms with Crippen molar-refractivity contribution in [3.05, 3.63) is 16.8 Å². The minimum atomic E-state index is 0.525. The van der Waals surface area contributed by atoms with E-state index in [1.165, 1.54) is 4.88 Å². The number of thiophene rings is 1. The fraction of sp³-hybridized carbons (Fsp3) is 0.500. The highest BCUT2D eigenvalue weighted by atomic mass is 32.1. The standard InChI is InChI=1S/C12H18N4OS/c1-4-8-7-9(11(13)18-8)12-14-10(15-17-12)5-6-16(2)3/h7H,4-6,13H2,1-3H3. The summed E-state index contributed by atoms with van der Waals surface area (Å²) in [7, 11) is 4.04. The molecule has 5 nitrogen and oxygen atoms in total. The highest BCUT2D eigenvalue weighted by Crippen LogP contribution is 2.33. The lowest BCUT2D eigenvalue weighted by molar-refractivity contribution is 0.392. The van der Waals surface area contributed by atoms with Crippen LogP contribution in [0.1, 0.15) is 17.6 Å². The number of aryl methyl sites for hydroxylation is 1. The largest absolute Gasteiger partial charge is 0.390 e. The summed E-state index contributed by atoms with van der Waals surface area (Å²) in [5.74, 6) is 1.25. The van der Waals surface area contributed by atoms with Crippen LogP contribution in [0.5, 0.6) is 0 Å². The molecule has 2 rings (SSSR count). The first-order valence-electron chi connectivity index (χ1n) is 5.96. The lowest BCUT2D eigenvalue weighted by Crippen LogP contribution is -2.15. The number of hydrogen-bond donors (Lipinski definition) is 1. The van der Waals surface area contributed by atoms with Gasteiger partial charge in [0.05, 0.1) is 10.6 Å².